The highest BCUT2D eigenvalue weighted by Gasteiger charge is 2.35. The number of fused-ring (bicyclic) bond motifs is 7. The van der Waals surface area contributed by atoms with E-state index in [0.29, 0.717) is 0 Å². The summed E-state index contributed by atoms with van der Waals surface area (Å²) in [4.78, 5) is 0. The molecule has 3 aromatic carbocycles. The minimum atomic E-state index is 0.259. The number of rotatable bonds is 2. The van der Waals surface area contributed by atoms with Gasteiger partial charge in [0, 0.05) is 11.6 Å². The molecular weight excluding hydrogens is 410 g/mol. The van der Waals surface area contributed by atoms with Crippen molar-refractivity contribution in [1.82, 2.24) is 0 Å². The Morgan fingerprint density at radius 1 is 0.765 bits per heavy atom. The van der Waals surface area contributed by atoms with Gasteiger partial charge in [-0.1, -0.05) is 69.3 Å². The van der Waals surface area contributed by atoms with Crippen LogP contribution in [0.4, 0.5) is 0 Å². The van der Waals surface area contributed by atoms with E-state index in [4.69, 9.17) is 0 Å². The second-order valence-electron chi connectivity index (χ2n) is 11.6. The Balaban J connectivity index is 1.68. The molecular formula is C33H34N+. The second-order valence-corrected chi connectivity index (χ2v) is 11.6. The third-order valence-corrected chi connectivity index (χ3v) is 7.85. The Hall–Kier alpha value is -3.19. The summed E-state index contributed by atoms with van der Waals surface area (Å²) in [7, 11) is 2.22. The third-order valence-electron chi connectivity index (χ3n) is 7.85. The monoisotopic (exact) mass is 444 g/mol. The van der Waals surface area contributed by atoms with Gasteiger partial charge in [0.1, 0.15) is 7.05 Å². The number of hydrogen-bond donors (Lipinski definition) is 0. The van der Waals surface area contributed by atoms with Gasteiger partial charge in [-0.05, 0) is 94.2 Å². The Bertz CT molecular complexity index is 1480. The smallest absolute Gasteiger partial charge is 0.201 e. The quantitative estimate of drug-likeness (QED) is 0.243. The standard InChI is InChI=1S/C33H34N/c1-20-19-34(6)29(17-24(20)18-33(3,4)5)30-21(2)27-15-22-11-7-9-13-25(22)31(27)32-26-14-10-8-12-23(26)16-28(30)32/h7-14,17,19H,15-16,18H2,1-6H3/q+1. The van der Waals surface area contributed by atoms with Crippen LogP contribution < -0.4 is 4.57 Å². The van der Waals surface area contributed by atoms with Crippen molar-refractivity contribution in [3.8, 4) is 33.5 Å². The SMILES string of the molecule is Cc1c[n+](C)c(-c2c(C)c3c(c4c2Cc2ccccc2-4)-c2ccccc2C3)cc1CC(C)(C)C. The van der Waals surface area contributed by atoms with E-state index in [1.54, 1.807) is 0 Å². The molecule has 0 saturated heterocycles. The number of aromatic nitrogens is 1. The van der Waals surface area contributed by atoms with Gasteiger partial charge in [-0.15, -0.1) is 0 Å². The number of benzene rings is 3. The zero-order valence-corrected chi connectivity index (χ0v) is 21.3. The lowest BCUT2D eigenvalue weighted by atomic mass is 9.83. The molecule has 0 radical (unpaired) electrons. The molecule has 170 valence electrons. The van der Waals surface area contributed by atoms with Crippen LogP contribution in [-0.2, 0) is 26.3 Å². The van der Waals surface area contributed by atoms with Crippen molar-refractivity contribution in [1.29, 1.82) is 0 Å². The first kappa shape index (κ1) is 21.4. The van der Waals surface area contributed by atoms with Crippen LogP contribution in [0.5, 0.6) is 0 Å². The van der Waals surface area contributed by atoms with Crippen molar-refractivity contribution in [2.45, 2.75) is 53.9 Å². The molecule has 0 amide bonds. The molecule has 1 aromatic heterocycles. The van der Waals surface area contributed by atoms with E-state index in [-0.39, 0.29) is 5.41 Å². The maximum absolute atomic E-state index is 2.49. The van der Waals surface area contributed by atoms with Crippen molar-refractivity contribution >= 4 is 0 Å². The van der Waals surface area contributed by atoms with Crippen molar-refractivity contribution in [2.75, 3.05) is 0 Å². The molecule has 0 spiro atoms. The average Bonchev–Trinajstić information content (AvgIpc) is 3.34. The first-order valence-electron chi connectivity index (χ1n) is 12.6. The lowest BCUT2D eigenvalue weighted by Crippen LogP contribution is -2.32. The predicted molar refractivity (Wildman–Crippen MR) is 142 cm³/mol. The summed E-state index contributed by atoms with van der Waals surface area (Å²) in [6, 6.07) is 20.6. The van der Waals surface area contributed by atoms with Gasteiger partial charge in [0.25, 0.3) is 0 Å². The molecule has 0 fully saturated rings. The molecule has 0 bridgehead atoms. The molecule has 1 heteroatoms. The molecule has 2 aliphatic rings. The number of hydrogen-bond acceptors (Lipinski definition) is 0. The molecule has 0 atom stereocenters. The van der Waals surface area contributed by atoms with Crippen LogP contribution in [0.1, 0.15) is 59.7 Å². The largest absolute Gasteiger partial charge is 0.213 e. The van der Waals surface area contributed by atoms with E-state index in [1.807, 2.05) is 0 Å². The van der Waals surface area contributed by atoms with Gasteiger partial charge < -0.3 is 0 Å². The zero-order chi connectivity index (χ0) is 23.8. The highest BCUT2D eigenvalue weighted by atomic mass is 14.9. The molecule has 34 heavy (non-hydrogen) atoms. The maximum atomic E-state index is 2.49. The lowest BCUT2D eigenvalue weighted by molar-refractivity contribution is -0.660. The highest BCUT2D eigenvalue weighted by molar-refractivity contribution is 6.00. The van der Waals surface area contributed by atoms with E-state index in [0.717, 1.165) is 19.3 Å². The molecule has 0 aliphatic heterocycles. The first-order chi connectivity index (χ1) is 16.2. The van der Waals surface area contributed by atoms with Crippen molar-refractivity contribution in [3.63, 3.8) is 0 Å². The van der Waals surface area contributed by atoms with Gasteiger partial charge in [-0.3, -0.25) is 0 Å². The second kappa shape index (κ2) is 7.40. The summed E-state index contributed by atoms with van der Waals surface area (Å²) < 4.78 is 2.36. The third kappa shape index (κ3) is 3.17. The summed E-state index contributed by atoms with van der Waals surface area (Å²) in [6.07, 6.45) is 5.47. The molecule has 1 nitrogen and oxygen atoms in total. The minimum Gasteiger partial charge on any atom is -0.201 e. The van der Waals surface area contributed by atoms with Gasteiger partial charge in [0.05, 0.1) is 5.56 Å². The van der Waals surface area contributed by atoms with Crippen LogP contribution in [0.3, 0.4) is 0 Å². The van der Waals surface area contributed by atoms with E-state index >= 15 is 0 Å². The maximum Gasteiger partial charge on any atom is 0.213 e. The van der Waals surface area contributed by atoms with Crippen LogP contribution in [0.15, 0.2) is 60.8 Å². The van der Waals surface area contributed by atoms with E-state index in [2.05, 4.69) is 107 Å². The predicted octanol–water partition coefficient (Wildman–Crippen LogP) is 7.53. The fourth-order valence-electron chi connectivity index (χ4n) is 6.38. The molecule has 4 aromatic rings. The van der Waals surface area contributed by atoms with Crippen molar-refractivity contribution < 1.29 is 4.57 Å². The Kier molecular flexibility index (Phi) is 4.65. The van der Waals surface area contributed by atoms with Gasteiger partial charge >= 0.3 is 0 Å². The zero-order valence-electron chi connectivity index (χ0n) is 21.3. The van der Waals surface area contributed by atoms with Crippen molar-refractivity contribution in [3.05, 3.63) is 99.7 Å². The topological polar surface area (TPSA) is 3.88 Å². The van der Waals surface area contributed by atoms with Gasteiger partial charge in [-0.25, -0.2) is 4.57 Å². The summed E-state index contributed by atoms with van der Waals surface area (Å²) in [6.45, 7) is 11.6. The molecule has 1 heterocycles. The van der Waals surface area contributed by atoms with E-state index in [9.17, 15) is 0 Å². The van der Waals surface area contributed by atoms with E-state index in [1.165, 1.54) is 72.5 Å². The van der Waals surface area contributed by atoms with Crippen LogP contribution in [0.2, 0.25) is 0 Å². The minimum absolute atomic E-state index is 0.259. The summed E-state index contributed by atoms with van der Waals surface area (Å²) in [5, 5.41) is 0. The fourth-order valence-corrected chi connectivity index (χ4v) is 6.38. The lowest BCUT2D eigenvalue weighted by Gasteiger charge is -2.21. The van der Waals surface area contributed by atoms with Crippen LogP contribution >= 0.6 is 0 Å². The van der Waals surface area contributed by atoms with Gasteiger partial charge in [0.15, 0.2) is 6.20 Å². The number of aryl methyl sites for hydroxylation is 2. The molecule has 0 N–H and O–H groups in total. The van der Waals surface area contributed by atoms with Crippen molar-refractivity contribution in [2.24, 2.45) is 12.5 Å². The summed E-state index contributed by atoms with van der Waals surface area (Å²) in [5.41, 5.74) is 19.1. The molecule has 0 unspecified atom stereocenters. The summed E-state index contributed by atoms with van der Waals surface area (Å²) in [5.74, 6) is 0. The Labute approximate surface area is 204 Å². The average molecular weight is 445 g/mol. The van der Waals surface area contributed by atoms with Crippen LogP contribution in [-0.4, -0.2) is 0 Å². The van der Waals surface area contributed by atoms with Crippen LogP contribution in [0.25, 0.3) is 33.5 Å². The Morgan fingerprint density at radius 3 is 1.94 bits per heavy atom. The normalized spacial score (nSPS) is 13.5. The number of nitrogens with zero attached hydrogens (tertiary/aromatic N) is 1. The molecule has 6 rings (SSSR count). The molecule has 2 aliphatic carbocycles. The van der Waals surface area contributed by atoms with Crippen LogP contribution in [0, 0.1) is 19.3 Å². The molecule has 0 saturated carbocycles. The van der Waals surface area contributed by atoms with E-state index < -0.39 is 0 Å². The first-order valence-corrected chi connectivity index (χ1v) is 12.6. The summed E-state index contributed by atoms with van der Waals surface area (Å²) >= 11 is 0. The van der Waals surface area contributed by atoms with Gasteiger partial charge in [0.2, 0.25) is 5.69 Å². The van der Waals surface area contributed by atoms with Gasteiger partial charge in [-0.2, -0.15) is 0 Å². The highest BCUT2D eigenvalue weighted by Crippen LogP contribution is 2.53. The Morgan fingerprint density at radius 2 is 1.32 bits per heavy atom. The number of pyridine rings is 1. The fraction of sp³-hybridized carbons (Fsp3) is 0.303.